The molecule has 1 atom stereocenters. The van der Waals surface area contributed by atoms with Gasteiger partial charge < -0.3 is 10.4 Å². The molecule has 1 saturated carbocycles. The SMILES string of the molecule is CCN(C)C1(CNC(=O)[C@@H](O)CC(C)C)CCCC1. The molecule has 1 rings (SSSR count). The fourth-order valence-corrected chi connectivity index (χ4v) is 2.98. The van der Waals surface area contributed by atoms with Crippen molar-refractivity contribution < 1.29 is 9.90 Å². The molecular formula is C15H30N2O2. The minimum absolute atomic E-state index is 0.0992. The second-order valence-corrected chi connectivity index (χ2v) is 6.31. The average molecular weight is 270 g/mol. The van der Waals surface area contributed by atoms with Crippen LogP contribution >= 0.6 is 0 Å². The van der Waals surface area contributed by atoms with Crippen molar-refractivity contribution in [2.45, 2.75) is 64.5 Å². The van der Waals surface area contributed by atoms with Gasteiger partial charge in [0.05, 0.1) is 0 Å². The van der Waals surface area contributed by atoms with Crippen molar-refractivity contribution >= 4 is 5.91 Å². The lowest BCUT2D eigenvalue weighted by molar-refractivity contribution is -0.130. The quantitative estimate of drug-likeness (QED) is 0.741. The largest absolute Gasteiger partial charge is 0.383 e. The van der Waals surface area contributed by atoms with Gasteiger partial charge >= 0.3 is 0 Å². The lowest BCUT2D eigenvalue weighted by Crippen LogP contribution is -2.53. The van der Waals surface area contributed by atoms with E-state index in [0.29, 0.717) is 18.9 Å². The minimum Gasteiger partial charge on any atom is -0.383 e. The van der Waals surface area contributed by atoms with Crippen LogP contribution in [0, 0.1) is 5.92 Å². The highest BCUT2D eigenvalue weighted by Gasteiger charge is 2.37. The molecule has 0 aromatic heterocycles. The summed E-state index contributed by atoms with van der Waals surface area (Å²) in [7, 11) is 2.13. The van der Waals surface area contributed by atoms with Crippen LogP contribution in [0.25, 0.3) is 0 Å². The van der Waals surface area contributed by atoms with Crippen molar-refractivity contribution in [3.63, 3.8) is 0 Å². The molecule has 0 radical (unpaired) electrons. The van der Waals surface area contributed by atoms with Crippen LogP contribution in [0.3, 0.4) is 0 Å². The third-order valence-electron chi connectivity index (χ3n) is 4.41. The van der Waals surface area contributed by atoms with Gasteiger partial charge in [-0.1, -0.05) is 33.6 Å². The van der Waals surface area contributed by atoms with Crippen molar-refractivity contribution in [2.24, 2.45) is 5.92 Å². The number of aliphatic hydroxyl groups excluding tert-OH is 1. The predicted octanol–water partition coefficient (Wildman–Crippen LogP) is 1.77. The zero-order valence-electron chi connectivity index (χ0n) is 12.9. The van der Waals surface area contributed by atoms with Gasteiger partial charge in [0.15, 0.2) is 0 Å². The highest BCUT2D eigenvalue weighted by Crippen LogP contribution is 2.33. The molecular weight excluding hydrogens is 240 g/mol. The number of hydrogen-bond acceptors (Lipinski definition) is 3. The first-order valence-corrected chi connectivity index (χ1v) is 7.58. The van der Waals surface area contributed by atoms with Gasteiger partial charge in [-0.2, -0.15) is 0 Å². The van der Waals surface area contributed by atoms with Crippen LogP contribution in [0.5, 0.6) is 0 Å². The normalized spacial score (nSPS) is 19.9. The smallest absolute Gasteiger partial charge is 0.248 e. The summed E-state index contributed by atoms with van der Waals surface area (Å²) < 4.78 is 0. The molecule has 0 aromatic rings. The molecule has 1 aliphatic carbocycles. The Morgan fingerprint density at radius 3 is 2.42 bits per heavy atom. The van der Waals surface area contributed by atoms with E-state index in [1.807, 2.05) is 13.8 Å². The Balaban J connectivity index is 2.50. The minimum atomic E-state index is -0.870. The van der Waals surface area contributed by atoms with Crippen LogP contribution < -0.4 is 5.32 Å². The Morgan fingerprint density at radius 2 is 1.95 bits per heavy atom. The van der Waals surface area contributed by atoms with Gasteiger partial charge in [-0.25, -0.2) is 0 Å². The van der Waals surface area contributed by atoms with Crippen LogP contribution in [0.1, 0.15) is 52.9 Å². The topological polar surface area (TPSA) is 52.6 Å². The highest BCUT2D eigenvalue weighted by molar-refractivity contribution is 5.80. The van der Waals surface area contributed by atoms with Crippen LogP contribution in [0.2, 0.25) is 0 Å². The number of nitrogens with one attached hydrogen (secondary N) is 1. The molecule has 4 nitrogen and oxygen atoms in total. The van der Waals surface area contributed by atoms with Gasteiger partial charge in [-0.15, -0.1) is 0 Å². The first-order valence-electron chi connectivity index (χ1n) is 7.58. The highest BCUT2D eigenvalue weighted by atomic mass is 16.3. The van der Waals surface area contributed by atoms with Gasteiger partial charge in [0.25, 0.3) is 0 Å². The van der Waals surface area contributed by atoms with E-state index in [1.165, 1.54) is 12.8 Å². The number of aliphatic hydroxyl groups is 1. The van der Waals surface area contributed by atoms with Crippen LogP contribution in [-0.4, -0.2) is 47.7 Å². The fraction of sp³-hybridized carbons (Fsp3) is 0.933. The van der Waals surface area contributed by atoms with Gasteiger partial charge in [0.1, 0.15) is 6.10 Å². The number of amides is 1. The standard InChI is InChI=1S/C15H30N2O2/c1-5-17(4)15(8-6-7-9-15)11-16-14(19)13(18)10-12(2)3/h12-13,18H,5-11H2,1-4H3,(H,16,19)/t13-/m0/s1. The molecule has 1 fully saturated rings. The van der Waals surface area contributed by atoms with Crippen molar-refractivity contribution in [1.82, 2.24) is 10.2 Å². The van der Waals surface area contributed by atoms with E-state index in [2.05, 4.69) is 24.2 Å². The Kier molecular flexibility index (Phi) is 6.27. The zero-order chi connectivity index (χ0) is 14.5. The number of nitrogens with zero attached hydrogens (tertiary/aromatic N) is 1. The average Bonchev–Trinajstić information content (AvgIpc) is 2.84. The summed E-state index contributed by atoms with van der Waals surface area (Å²) in [4.78, 5) is 14.3. The van der Waals surface area contributed by atoms with Crippen LogP contribution in [-0.2, 0) is 4.79 Å². The van der Waals surface area contributed by atoms with E-state index in [1.54, 1.807) is 0 Å². The Hall–Kier alpha value is -0.610. The fourth-order valence-electron chi connectivity index (χ4n) is 2.98. The maximum Gasteiger partial charge on any atom is 0.248 e. The van der Waals surface area contributed by atoms with Gasteiger partial charge in [0.2, 0.25) is 5.91 Å². The molecule has 4 heteroatoms. The second kappa shape index (κ2) is 7.25. The first kappa shape index (κ1) is 16.4. The second-order valence-electron chi connectivity index (χ2n) is 6.31. The molecule has 0 bridgehead atoms. The van der Waals surface area contributed by atoms with Gasteiger partial charge in [0, 0.05) is 12.1 Å². The molecule has 0 aromatic carbocycles. The predicted molar refractivity (Wildman–Crippen MR) is 78.0 cm³/mol. The van der Waals surface area contributed by atoms with Crippen molar-refractivity contribution in [3.05, 3.63) is 0 Å². The lowest BCUT2D eigenvalue weighted by Gasteiger charge is -2.38. The number of hydrogen-bond donors (Lipinski definition) is 2. The summed E-state index contributed by atoms with van der Waals surface area (Å²) in [6.45, 7) is 7.82. The Morgan fingerprint density at radius 1 is 1.37 bits per heavy atom. The van der Waals surface area contributed by atoms with E-state index in [4.69, 9.17) is 0 Å². The monoisotopic (exact) mass is 270 g/mol. The molecule has 0 saturated heterocycles. The van der Waals surface area contributed by atoms with E-state index in [0.717, 1.165) is 19.4 Å². The third kappa shape index (κ3) is 4.46. The molecule has 0 heterocycles. The molecule has 112 valence electrons. The van der Waals surface area contributed by atoms with Crippen molar-refractivity contribution in [1.29, 1.82) is 0 Å². The summed E-state index contributed by atoms with van der Waals surface area (Å²) in [6, 6.07) is 0. The number of likely N-dealkylation sites (N-methyl/N-ethyl adjacent to an activating group) is 1. The van der Waals surface area contributed by atoms with E-state index in [9.17, 15) is 9.90 Å². The molecule has 19 heavy (non-hydrogen) atoms. The van der Waals surface area contributed by atoms with Crippen LogP contribution in [0.4, 0.5) is 0 Å². The number of carbonyl (C=O) groups excluding carboxylic acids is 1. The lowest BCUT2D eigenvalue weighted by atomic mass is 9.95. The summed E-state index contributed by atoms with van der Waals surface area (Å²) in [6.07, 6.45) is 4.40. The molecule has 0 spiro atoms. The van der Waals surface area contributed by atoms with E-state index < -0.39 is 6.10 Å². The van der Waals surface area contributed by atoms with E-state index >= 15 is 0 Å². The number of carbonyl (C=O) groups is 1. The van der Waals surface area contributed by atoms with E-state index in [-0.39, 0.29) is 11.4 Å². The molecule has 1 aliphatic rings. The maximum absolute atomic E-state index is 11.9. The van der Waals surface area contributed by atoms with Gasteiger partial charge in [-0.05, 0) is 38.8 Å². The van der Waals surface area contributed by atoms with Crippen molar-refractivity contribution in [2.75, 3.05) is 20.1 Å². The summed E-state index contributed by atoms with van der Waals surface area (Å²) in [5.41, 5.74) is 0.0992. The third-order valence-corrected chi connectivity index (χ3v) is 4.41. The maximum atomic E-state index is 11.9. The van der Waals surface area contributed by atoms with Crippen LogP contribution in [0.15, 0.2) is 0 Å². The Labute approximate surface area is 117 Å². The molecule has 0 unspecified atom stereocenters. The van der Waals surface area contributed by atoms with Crippen molar-refractivity contribution in [3.8, 4) is 0 Å². The molecule has 0 aliphatic heterocycles. The Bertz CT molecular complexity index is 286. The summed E-state index contributed by atoms with van der Waals surface area (Å²) >= 11 is 0. The molecule has 2 N–H and O–H groups in total. The summed E-state index contributed by atoms with van der Waals surface area (Å²) in [5.74, 6) is 0.115. The summed E-state index contributed by atoms with van der Waals surface area (Å²) in [5, 5.41) is 12.8. The van der Waals surface area contributed by atoms with Gasteiger partial charge in [-0.3, -0.25) is 9.69 Å². The number of rotatable bonds is 7. The molecule has 1 amide bonds. The zero-order valence-corrected chi connectivity index (χ0v) is 12.9. The first-order chi connectivity index (χ1) is 8.91.